The van der Waals surface area contributed by atoms with E-state index in [4.69, 9.17) is 9.84 Å². The SMILES string of the molecule is Cc1ccc(-n2nc(OC[C@H](F)CO)c([N+](=O)[O-])c2C)c(C)n1. The second-order valence-electron chi connectivity index (χ2n) is 5.06. The molecule has 0 saturated heterocycles. The standard InChI is InChI=1S/C14H17FN4O4/c1-8-4-5-12(9(2)16-8)18-10(3)13(19(21)22)14(17-18)23-7-11(15)6-20/h4-5,11,20H,6-7H2,1-3H3/t11-/m1/s1. The minimum atomic E-state index is -1.64. The van der Waals surface area contributed by atoms with Crippen LogP contribution in [0.1, 0.15) is 17.1 Å². The molecule has 2 aromatic rings. The zero-order valence-electron chi connectivity index (χ0n) is 13.0. The lowest BCUT2D eigenvalue weighted by Crippen LogP contribution is -2.17. The Morgan fingerprint density at radius 2 is 2.13 bits per heavy atom. The maximum atomic E-state index is 13.1. The van der Waals surface area contributed by atoms with Crippen molar-refractivity contribution >= 4 is 5.69 Å². The van der Waals surface area contributed by atoms with E-state index in [1.807, 2.05) is 6.92 Å². The van der Waals surface area contributed by atoms with Gasteiger partial charge in [-0.05, 0) is 32.9 Å². The van der Waals surface area contributed by atoms with Gasteiger partial charge >= 0.3 is 11.6 Å². The molecule has 0 radical (unpaired) electrons. The van der Waals surface area contributed by atoms with E-state index >= 15 is 0 Å². The van der Waals surface area contributed by atoms with Crippen molar-refractivity contribution in [2.75, 3.05) is 13.2 Å². The number of aryl methyl sites for hydroxylation is 2. The third kappa shape index (κ3) is 3.45. The summed E-state index contributed by atoms with van der Waals surface area (Å²) in [6, 6.07) is 3.51. The number of rotatable bonds is 6. The summed E-state index contributed by atoms with van der Waals surface area (Å²) in [5, 5.41) is 24.0. The van der Waals surface area contributed by atoms with Gasteiger partial charge in [0.05, 0.1) is 22.9 Å². The molecule has 23 heavy (non-hydrogen) atoms. The molecule has 124 valence electrons. The van der Waals surface area contributed by atoms with Gasteiger partial charge in [0.25, 0.3) is 0 Å². The van der Waals surface area contributed by atoms with Gasteiger partial charge in [-0.25, -0.2) is 9.07 Å². The van der Waals surface area contributed by atoms with E-state index in [2.05, 4.69) is 10.1 Å². The van der Waals surface area contributed by atoms with E-state index < -0.39 is 24.3 Å². The van der Waals surface area contributed by atoms with Crippen molar-refractivity contribution < 1.29 is 19.2 Å². The number of aliphatic hydroxyl groups is 1. The summed E-state index contributed by atoms with van der Waals surface area (Å²) >= 11 is 0. The molecule has 0 aliphatic heterocycles. The summed E-state index contributed by atoms with van der Waals surface area (Å²) in [5.41, 5.74) is 1.94. The fourth-order valence-corrected chi connectivity index (χ4v) is 2.14. The number of nitrogens with zero attached hydrogens (tertiary/aromatic N) is 4. The van der Waals surface area contributed by atoms with E-state index in [9.17, 15) is 14.5 Å². The Morgan fingerprint density at radius 1 is 1.43 bits per heavy atom. The van der Waals surface area contributed by atoms with Crippen LogP contribution < -0.4 is 4.74 Å². The van der Waals surface area contributed by atoms with Crippen LogP contribution in [-0.2, 0) is 0 Å². The molecule has 0 unspecified atom stereocenters. The second kappa shape index (κ2) is 6.69. The Kier molecular flexibility index (Phi) is 4.89. The zero-order valence-corrected chi connectivity index (χ0v) is 13.0. The third-order valence-corrected chi connectivity index (χ3v) is 3.26. The van der Waals surface area contributed by atoms with Crippen LogP contribution >= 0.6 is 0 Å². The van der Waals surface area contributed by atoms with Crippen LogP contribution in [0.3, 0.4) is 0 Å². The number of nitro groups is 1. The number of aromatic nitrogens is 3. The highest BCUT2D eigenvalue weighted by Gasteiger charge is 2.28. The maximum absolute atomic E-state index is 13.1. The fraction of sp³-hybridized carbons (Fsp3) is 0.429. The Morgan fingerprint density at radius 3 is 2.70 bits per heavy atom. The molecule has 0 saturated carbocycles. The summed E-state index contributed by atoms with van der Waals surface area (Å²) in [6.07, 6.45) is -1.64. The lowest BCUT2D eigenvalue weighted by atomic mass is 10.2. The van der Waals surface area contributed by atoms with Crippen LogP contribution in [0.15, 0.2) is 12.1 Å². The van der Waals surface area contributed by atoms with Crippen LogP contribution in [0.2, 0.25) is 0 Å². The molecule has 0 aliphatic carbocycles. The van der Waals surface area contributed by atoms with Crippen molar-refractivity contribution in [1.29, 1.82) is 0 Å². The molecule has 2 heterocycles. The molecule has 1 atom stereocenters. The van der Waals surface area contributed by atoms with E-state index in [1.165, 1.54) is 11.6 Å². The minimum Gasteiger partial charge on any atom is -0.469 e. The third-order valence-electron chi connectivity index (χ3n) is 3.26. The number of hydrogen-bond donors (Lipinski definition) is 1. The lowest BCUT2D eigenvalue weighted by Gasteiger charge is -2.07. The van der Waals surface area contributed by atoms with Gasteiger partial charge in [0.15, 0.2) is 6.17 Å². The predicted octanol–water partition coefficient (Wildman–Crippen LogP) is 1.81. The highest BCUT2D eigenvalue weighted by atomic mass is 19.1. The molecule has 0 bridgehead atoms. The normalized spacial score (nSPS) is 12.2. The van der Waals surface area contributed by atoms with E-state index in [-0.39, 0.29) is 17.3 Å². The van der Waals surface area contributed by atoms with Crippen LogP contribution in [0, 0.1) is 30.9 Å². The Balaban J connectivity index is 2.47. The molecule has 2 aromatic heterocycles. The minimum absolute atomic E-state index is 0.248. The van der Waals surface area contributed by atoms with Crippen molar-refractivity contribution in [3.63, 3.8) is 0 Å². The molecule has 1 N–H and O–H groups in total. The summed E-state index contributed by atoms with van der Waals surface area (Å²) < 4.78 is 19.5. The van der Waals surface area contributed by atoms with Crippen molar-refractivity contribution in [2.24, 2.45) is 0 Å². The number of alkyl halides is 1. The first-order valence-corrected chi connectivity index (χ1v) is 6.91. The van der Waals surface area contributed by atoms with Gasteiger partial charge in [-0.15, -0.1) is 5.10 Å². The number of ether oxygens (including phenoxy) is 1. The molecule has 2 rings (SSSR count). The van der Waals surface area contributed by atoms with E-state index in [1.54, 1.807) is 19.1 Å². The first-order chi connectivity index (χ1) is 10.8. The largest absolute Gasteiger partial charge is 0.469 e. The van der Waals surface area contributed by atoms with Crippen molar-refractivity contribution in [2.45, 2.75) is 26.9 Å². The van der Waals surface area contributed by atoms with E-state index in [0.29, 0.717) is 11.4 Å². The molecule has 0 aromatic carbocycles. The molecule has 0 aliphatic rings. The first-order valence-electron chi connectivity index (χ1n) is 6.91. The summed E-state index contributed by atoms with van der Waals surface area (Å²) in [6.45, 7) is 3.88. The van der Waals surface area contributed by atoms with Crippen molar-refractivity contribution in [1.82, 2.24) is 14.8 Å². The topological polar surface area (TPSA) is 103 Å². The molecular formula is C14H17FN4O4. The summed E-state index contributed by atoms with van der Waals surface area (Å²) in [4.78, 5) is 14.9. The van der Waals surface area contributed by atoms with Crippen LogP contribution in [0.25, 0.3) is 5.69 Å². The number of pyridine rings is 1. The first kappa shape index (κ1) is 16.8. The molecule has 8 nitrogen and oxygen atoms in total. The van der Waals surface area contributed by atoms with Gasteiger partial charge in [0.2, 0.25) is 0 Å². The van der Waals surface area contributed by atoms with Crippen LogP contribution in [0.4, 0.5) is 10.1 Å². The smallest absolute Gasteiger partial charge is 0.353 e. The molecule has 0 fully saturated rings. The van der Waals surface area contributed by atoms with Gasteiger partial charge in [-0.1, -0.05) is 0 Å². The monoisotopic (exact) mass is 324 g/mol. The quantitative estimate of drug-likeness (QED) is 0.642. The highest BCUT2D eigenvalue weighted by Crippen LogP contribution is 2.32. The lowest BCUT2D eigenvalue weighted by molar-refractivity contribution is -0.386. The van der Waals surface area contributed by atoms with Gasteiger partial charge < -0.3 is 9.84 Å². The Bertz CT molecular complexity index is 732. The second-order valence-corrected chi connectivity index (χ2v) is 5.06. The predicted molar refractivity (Wildman–Crippen MR) is 79.7 cm³/mol. The highest BCUT2D eigenvalue weighted by molar-refractivity contribution is 5.50. The molecular weight excluding hydrogens is 307 g/mol. The zero-order chi connectivity index (χ0) is 17.1. The number of hydrogen-bond acceptors (Lipinski definition) is 6. The summed E-state index contributed by atoms with van der Waals surface area (Å²) in [5.74, 6) is -0.288. The number of aliphatic hydroxyl groups excluding tert-OH is 1. The molecule has 0 amide bonds. The average molecular weight is 324 g/mol. The molecule has 9 heteroatoms. The Labute approximate surface area is 131 Å². The average Bonchev–Trinajstić information content (AvgIpc) is 2.81. The Hall–Kier alpha value is -2.55. The van der Waals surface area contributed by atoms with Crippen LogP contribution in [-0.4, -0.2) is 44.2 Å². The van der Waals surface area contributed by atoms with Gasteiger partial charge in [-0.2, -0.15) is 0 Å². The van der Waals surface area contributed by atoms with E-state index in [0.717, 1.165) is 5.69 Å². The van der Waals surface area contributed by atoms with Gasteiger partial charge in [0.1, 0.15) is 12.3 Å². The van der Waals surface area contributed by atoms with Crippen LogP contribution in [0.5, 0.6) is 5.88 Å². The number of halogens is 1. The van der Waals surface area contributed by atoms with Gasteiger partial charge in [-0.3, -0.25) is 15.1 Å². The maximum Gasteiger partial charge on any atom is 0.353 e. The van der Waals surface area contributed by atoms with Gasteiger partial charge in [0, 0.05) is 5.69 Å². The van der Waals surface area contributed by atoms with Crippen molar-refractivity contribution in [3.8, 4) is 11.6 Å². The molecule has 0 spiro atoms. The fourth-order valence-electron chi connectivity index (χ4n) is 2.14. The van der Waals surface area contributed by atoms with Crippen molar-refractivity contribution in [3.05, 3.63) is 39.3 Å². The summed E-state index contributed by atoms with van der Waals surface area (Å²) in [7, 11) is 0.